The molecule has 1 aliphatic rings. The molecule has 1 aliphatic heterocycles. The summed E-state index contributed by atoms with van der Waals surface area (Å²) >= 11 is 0. The molecule has 9 nitrogen and oxygen atoms in total. The maximum Gasteiger partial charge on any atom is 0.326 e. The van der Waals surface area contributed by atoms with Crippen molar-refractivity contribution in [3.63, 3.8) is 0 Å². The van der Waals surface area contributed by atoms with E-state index in [4.69, 9.17) is 9.47 Å². The predicted molar refractivity (Wildman–Crippen MR) is 107 cm³/mol. The number of esters is 1. The van der Waals surface area contributed by atoms with Crippen molar-refractivity contribution in [3.8, 4) is 5.75 Å². The van der Waals surface area contributed by atoms with Crippen molar-refractivity contribution in [2.45, 2.75) is 26.4 Å². The van der Waals surface area contributed by atoms with E-state index >= 15 is 0 Å². The molecule has 1 amide bonds. The molecule has 0 saturated carbocycles. The van der Waals surface area contributed by atoms with Gasteiger partial charge < -0.3 is 9.47 Å². The Morgan fingerprint density at radius 2 is 1.93 bits per heavy atom. The van der Waals surface area contributed by atoms with Gasteiger partial charge in [-0.05, 0) is 25.0 Å². The summed E-state index contributed by atoms with van der Waals surface area (Å²) in [4.78, 5) is 48.6. The highest BCUT2D eigenvalue weighted by atomic mass is 16.6. The number of anilines is 1. The van der Waals surface area contributed by atoms with Gasteiger partial charge in [-0.3, -0.25) is 29.4 Å². The number of hydrogen-bond acceptors (Lipinski definition) is 7. The summed E-state index contributed by atoms with van der Waals surface area (Å²) in [7, 11) is 0. The van der Waals surface area contributed by atoms with Gasteiger partial charge >= 0.3 is 5.97 Å². The van der Waals surface area contributed by atoms with Gasteiger partial charge in [-0.2, -0.15) is 0 Å². The lowest BCUT2D eigenvalue weighted by Crippen LogP contribution is -2.43. The van der Waals surface area contributed by atoms with Crippen LogP contribution in [0.5, 0.6) is 5.75 Å². The fourth-order valence-electron chi connectivity index (χ4n) is 3.03. The van der Waals surface area contributed by atoms with E-state index in [0.717, 1.165) is 23.0 Å². The Balaban J connectivity index is 1.71. The Bertz CT molecular complexity index is 1000. The molecule has 0 unspecified atom stereocenters. The number of nitrogens with zero attached hydrogens (tertiary/aromatic N) is 2. The van der Waals surface area contributed by atoms with Crippen LogP contribution >= 0.6 is 0 Å². The number of hydrogen-bond donors (Lipinski definition) is 0. The van der Waals surface area contributed by atoms with Gasteiger partial charge in [0.1, 0.15) is 12.3 Å². The third-order valence-electron chi connectivity index (χ3n) is 4.71. The topological polar surface area (TPSA) is 116 Å². The third kappa shape index (κ3) is 4.45. The molecule has 0 radical (unpaired) electrons. The molecular formula is C21H20N2O7. The number of rotatable bonds is 7. The summed E-state index contributed by atoms with van der Waals surface area (Å²) in [6.07, 6.45) is -0.211. The van der Waals surface area contributed by atoms with Crippen molar-refractivity contribution in [2.75, 3.05) is 18.1 Å². The molecule has 1 atom stereocenters. The molecule has 9 heteroatoms. The largest absolute Gasteiger partial charge is 0.482 e. The van der Waals surface area contributed by atoms with Crippen molar-refractivity contribution in [2.24, 2.45) is 0 Å². The van der Waals surface area contributed by atoms with E-state index in [-0.39, 0.29) is 29.5 Å². The van der Waals surface area contributed by atoms with Crippen molar-refractivity contribution < 1.29 is 28.8 Å². The zero-order valence-corrected chi connectivity index (χ0v) is 16.5. The molecule has 2 aromatic carbocycles. The first-order chi connectivity index (χ1) is 14.3. The highest BCUT2D eigenvalue weighted by molar-refractivity contribution is 6.03. The van der Waals surface area contributed by atoms with Crippen LogP contribution in [0.2, 0.25) is 0 Å². The molecule has 0 aliphatic carbocycles. The van der Waals surface area contributed by atoms with Gasteiger partial charge in [-0.15, -0.1) is 0 Å². The van der Waals surface area contributed by atoms with Crippen LogP contribution in [0.15, 0.2) is 42.5 Å². The van der Waals surface area contributed by atoms with Gasteiger partial charge in [0.15, 0.2) is 12.7 Å². The van der Waals surface area contributed by atoms with E-state index in [1.54, 1.807) is 12.1 Å². The number of amides is 1. The number of Topliss-reactive ketones (excluding diaryl/α,β-unsaturated/α-hetero) is 1. The van der Waals surface area contributed by atoms with E-state index in [2.05, 4.69) is 0 Å². The maximum absolute atomic E-state index is 12.5. The minimum Gasteiger partial charge on any atom is -0.482 e. The Hall–Kier alpha value is -3.75. The second kappa shape index (κ2) is 8.73. The average molecular weight is 412 g/mol. The third-order valence-corrected chi connectivity index (χ3v) is 4.71. The molecule has 0 spiro atoms. The number of carbonyl (C=O) groups is 3. The highest BCUT2D eigenvalue weighted by Gasteiger charge is 2.30. The molecule has 30 heavy (non-hydrogen) atoms. The number of benzene rings is 2. The molecule has 0 saturated heterocycles. The lowest BCUT2D eigenvalue weighted by Gasteiger charge is -2.28. The van der Waals surface area contributed by atoms with Crippen molar-refractivity contribution in [1.29, 1.82) is 0 Å². The lowest BCUT2D eigenvalue weighted by molar-refractivity contribution is -0.384. The zero-order valence-electron chi connectivity index (χ0n) is 16.5. The lowest BCUT2D eigenvalue weighted by atomic mass is 10.0. The molecule has 0 fully saturated rings. The summed E-state index contributed by atoms with van der Waals surface area (Å²) in [6, 6.07) is 10.8. The van der Waals surface area contributed by atoms with E-state index in [9.17, 15) is 24.5 Å². The molecule has 2 aromatic rings. The minimum absolute atomic E-state index is 0.103. The van der Waals surface area contributed by atoms with Crippen molar-refractivity contribution in [3.05, 3.63) is 63.7 Å². The summed E-state index contributed by atoms with van der Waals surface area (Å²) in [6.45, 7) is 2.65. The van der Waals surface area contributed by atoms with E-state index < -0.39 is 29.4 Å². The summed E-state index contributed by atoms with van der Waals surface area (Å²) in [5.41, 5.74) is 1.35. The molecule has 0 bridgehead atoms. The molecule has 0 aromatic heterocycles. The number of nitro benzene ring substituents is 1. The van der Waals surface area contributed by atoms with Crippen LogP contribution in [0.25, 0.3) is 0 Å². The maximum atomic E-state index is 12.5. The van der Waals surface area contributed by atoms with Crippen LogP contribution < -0.4 is 9.64 Å². The highest BCUT2D eigenvalue weighted by Crippen LogP contribution is 2.35. The molecule has 3 rings (SSSR count). The molecular weight excluding hydrogens is 392 g/mol. The second-order valence-corrected chi connectivity index (χ2v) is 6.72. The van der Waals surface area contributed by atoms with Gasteiger partial charge in [0.05, 0.1) is 10.6 Å². The number of carbonyl (C=O) groups excluding carboxylic acids is 3. The average Bonchev–Trinajstić information content (AvgIpc) is 2.74. The first-order valence-electron chi connectivity index (χ1n) is 9.34. The van der Waals surface area contributed by atoms with Crippen LogP contribution in [-0.2, 0) is 20.7 Å². The normalized spacial score (nSPS) is 13.8. The molecule has 156 valence electrons. The monoisotopic (exact) mass is 412 g/mol. The van der Waals surface area contributed by atoms with Crippen LogP contribution in [0, 0.1) is 10.1 Å². The number of ketones is 1. The van der Waals surface area contributed by atoms with Gasteiger partial charge in [0, 0.05) is 17.7 Å². The van der Waals surface area contributed by atoms with E-state index in [1.165, 1.54) is 19.1 Å². The van der Waals surface area contributed by atoms with Crippen molar-refractivity contribution in [1.82, 2.24) is 0 Å². The van der Waals surface area contributed by atoms with Gasteiger partial charge in [0.2, 0.25) is 5.78 Å². The van der Waals surface area contributed by atoms with Gasteiger partial charge in [-0.25, -0.2) is 0 Å². The van der Waals surface area contributed by atoms with Crippen LogP contribution in [-0.4, -0.2) is 41.8 Å². The minimum atomic E-state index is -1.05. The zero-order chi connectivity index (χ0) is 21.8. The van der Waals surface area contributed by atoms with Crippen LogP contribution in [0.3, 0.4) is 0 Å². The van der Waals surface area contributed by atoms with Crippen molar-refractivity contribution >= 4 is 29.0 Å². The fourth-order valence-corrected chi connectivity index (χ4v) is 3.03. The molecule has 0 N–H and O–H groups in total. The smallest absolute Gasteiger partial charge is 0.326 e. The Morgan fingerprint density at radius 1 is 1.23 bits per heavy atom. The quantitative estimate of drug-likeness (QED) is 0.297. The number of aryl methyl sites for hydroxylation is 1. The van der Waals surface area contributed by atoms with Crippen LogP contribution in [0.1, 0.15) is 29.8 Å². The first-order valence-corrected chi connectivity index (χ1v) is 9.34. The summed E-state index contributed by atoms with van der Waals surface area (Å²) in [5.74, 6) is -1.48. The Morgan fingerprint density at radius 3 is 2.57 bits per heavy atom. The van der Waals surface area contributed by atoms with Gasteiger partial charge in [0.25, 0.3) is 11.6 Å². The number of ether oxygens (including phenoxy) is 2. The first kappa shape index (κ1) is 21.0. The standard InChI is InChI=1S/C21H20N2O7/c1-3-14-4-6-15(7-5-14)21(26)13(2)30-20(25)11-22-17-10-16(23(27)28)8-9-18(17)29-12-19(22)24/h4-10,13H,3,11-12H2,1-2H3/t13-/m1/s1. The molecule has 1 heterocycles. The predicted octanol–water partition coefficient (Wildman–Crippen LogP) is 2.70. The van der Waals surface area contributed by atoms with E-state index in [1.807, 2.05) is 19.1 Å². The number of fused-ring (bicyclic) bond motifs is 1. The van der Waals surface area contributed by atoms with Gasteiger partial charge in [-0.1, -0.05) is 31.2 Å². The Kier molecular flexibility index (Phi) is 6.10. The number of nitro groups is 1. The summed E-state index contributed by atoms with van der Waals surface area (Å²) in [5, 5.41) is 11.0. The fraction of sp³-hybridized carbons (Fsp3) is 0.286. The second-order valence-electron chi connectivity index (χ2n) is 6.72. The SMILES string of the molecule is CCc1ccc(C(=O)[C@@H](C)OC(=O)CN2C(=O)COc3ccc([N+](=O)[O-])cc32)cc1. The number of non-ortho nitro benzene ring substituents is 1. The summed E-state index contributed by atoms with van der Waals surface area (Å²) < 4.78 is 10.5. The van der Waals surface area contributed by atoms with E-state index in [0.29, 0.717) is 5.56 Å². The Labute approximate surface area is 172 Å². The van der Waals surface area contributed by atoms with Crippen LogP contribution in [0.4, 0.5) is 11.4 Å².